The van der Waals surface area contributed by atoms with Crippen molar-refractivity contribution in [1.82, 2.24) is 0 Å². The molecule has 1 aromatic carbocycles. The predicted molar refractivity (Wildman–Crippen MR) is 63.1 cm³/mol. The Morgan fingerprint density at radius 3 is 2.29 bits per heavy atom. The summed E-state index contributed by atoms with van der Waals surface area (Å²) in [7, 11) is 0. The lowest BCUT2D eigenvalue weighted by atomic mass is 9.89. The molecule has 2 N–H and O–H groups in total. The molecular formula is C11H15Cl2N. The summed E-state index contributed by atoms with van der Waals surface area (Å²) in [6.07, 6.45) is 0. The normalized spacial score (nSPS) is 13.3. The summed E-state index contributed by atoms with van der Waals surface area (Å²) in [5.74, 6) is 0.863. The Hall–Kier alpha value is -0.240. The molecule has 0 saturated carbocycles. The Balaban J connectivity index is 3.00. The van der Waals surface area contributed by atoms with Crippen molar-refractivity contribution in [2.24, 2.45) is 11.7 Å². The Morgan fingerprint density at radius 2 is 1.86 bits per heavy atom. The Kier molecular flexibility index (Phi) is 4.24. The van der Waals surface area contributed by atoms with Crippen LogP contribution in [0.25, 0.3) is 0 Å². The van der Waals surface area contributed by atoms with Crippen molar-refractivity contribution in [3.8, 4) is 0 Å². The molecule has 1 rings (SSSR count). The first-order valence-corrected chi connectivity index (χ1v) is 5.47. The van der Waals surface area contributed by atoms with Crippen LogP contribution in [0, 0.1) is 5.92 Å². The van der Waals surface area contributed by atoms with Crippen LogP contribution in [0.15, 0.2) is 18.2 Å². The second-order valence-corrected chi connectivity index (χ2v) is 4.57. The molecule has 14 heavy (non-hydrogen) atoms. The number of hydrogen-bond donors (Lipinski definition) is 1. The standard InChI is InChI=1S/C11H15Cl2N/c1-7(2)9(6-14)8-3-4-10(12)11(13)5-8/h3-5,7,9H,6,14H2,1-2H3. The van der Waals surface area contributed by atoms with Crippen LogP contribution >= 0.6 is 23.2 Å². The molecule has 1 unspecified atom stereocenters. The molecule has 0 saturated heterocycles. The van der Waals surface area contributed by atoms with E-state index in [2.05, 4.69) is 13.8 Å². The molecule has 3 heteroatoms. The summed E-state index contributed by atoms with van der Waals surface area (Å²) in [6.45, 7) is 4.94. The average molecular weight is 232 g/mol. The van der Waals surface area contributed by atoms with E-state index in [9.17, 15) is 0 Å². The molecular weight excluding hydrogens is 217 g/mol. The number of nitrogens with two attached hydrogens (primary N) is 1. The molecule has 0 aromatic heterocycles. The van der Waals surface area contributed by atoms with Gasteiger partial charge in [0.15, 0.2) is 0 Å². The zero-order valence-corrected chi connectivity index (χ0v) is 9.94. The van der Waals surface area contributed by atoms with Crippen molar-refractivity contribution < 1.29 is 0 Å². The molecule has 1 aromatic rings. The van der Waals surface area contributed by atoms with Crippen molar-refractivity contribution >= 4 is 23.2 Å². The van der Waals surface area contributed by atoms with Crippen molar-refractivity contribution in [2.45, 2.75) is 19.8 Å². The van der Waals surface area contributed by atoms with Gasteiger partial charge in [-0.15, -0.1) is 0 Å². The third-order valence-electron chi connectivity index (χ3n) is 2.43. The Labute approximate surface area is 95.2 Å². The zero-order chi connectivity index (χ0) is 10.7. The van der Waals surface area contributed by atoms with E-state index >= 15 is 0 Å². The van der Waals surface area contributed by atoms with Gasteiger partial charge >= 0.3 is 0 Å². The van der Waals surface area contributed by atoms with Crippen molar-refractivity contribution in [1.29, 1.82) is 0 Å². The molecule has 0 fully saturated rings. The maximum atomic E-state index is 5.95. The van der Waals surface area contributed by atoms with Gasteiger partial charge in [0, 0.05) is 0 Å². The average Bonchev–Trinajstić information content (AvgIpc) is 2.11. The molecule has 0 bridgehead atoms. The highest BCUT2D eigenvalue weighted by atomic mass is 35.5. The van der Waals surface area contributed by atoms with Crippen LogP contribution in [0.3, 0.4) is 0 Å². The Bertz CT molecular complexity index is 310. The predicted octanol–water partition coefficient (Wildman–Crippen LogP) is 3.69. The van der Waals surface area contributed by atoms with Crippen LogP contribution in [0.2, 0.25) is 10.0 Å². The zero-order valence-electron chi connectivity index (χ0n) is 8.43. The van der Waals surface area contributed by atoms with Gasteiger partial charge in [-0.3, -0.25) is 0 Å². The molecule has 1 atom stereocenters. The third-order valence-corrected chi connectivity index (χ3v) is 3.17. The highest BCUT2D eigenvalue weighted by Gasteiger charge is 2.14. The van der Waals surface area contributed by atoms with Gasteiger partial charge in [-0.25, -0.2) is 0 Å². The van der Waals surface area contributed by atoms with Gasteiger partial charge in [0.2, 0.25) is 0 Å². The fourth-order valence-corrected chi connectivity index (χ4v) is 1.84. The maximum Gasteiger partial charge on any atom is 0.0595 e. The fourth-order valence-electron chi connectivity index (χ4n) is 1.54. The van der Waals surface area contributed by atoms with Crippen LogP contribution < -0.4 is 5.73 Å². The highest BCUT2D eigenvalue weighted by molar-refractivity contribution is 6.42. The van der Waals surface area contributed by atoms with Crippen LogP contribution in [0.4, 0.5) is 0 Å². The van der Waals surface area contributed by atoms with Crippen LogP contribution in [-0.4, -0.2) is 6.54 Å². The van der Waals surface area contributed by atoms with E-state index < -0.39 is 0 Å². The lowest BCUT2D eigenvalue weighted by Gasteiger charge is -2.19. The molecule has 0 aliphatic heterocycles. The monoisotopic (exact) mass is 231 g/mol. The summed E-state index contributed by atoms with van der Waals surface area (Å²) >= 11 is 11.8. The van der Waals surface area contributed by atoms with Crippen molar-refractivity contribution in [2.75, 3.05) is 6.54 Å². The van der Waals surface area contributed by atoms with Crippen molar-refractivity contribution in [3.05, 3.63) is 33.8 Å². The van der Waals surface area contributed by atoms with Gasteiger partial charge in [-0.05, 0) is 36.1 Å². The molecule has 0 aliphatic rings. The van der Waals surface area contributed by atoms with Crippen LogP contribution in [0.5, 0.6) is 0 Å². The van der Waals surface area contributed by atoms with E-state index in [1.54, 1.807) is 0 Å². The van der Waals surface area contributed by atoms with Gasteiger partial charge in [0.1, 0.15) is 0 Å². The van der Waals surface area contributed by atoms with E-state index in [-0.39, 0.29) is 0 Å². The van der Waals surface area contributed by atoms with E-state index in [1.165, 1.54) is 0 Å². The van der Waals surface area contributed by atoms with Crippen molar-refractivity contribution in [3.63, 3.8) is 0 Å². The topological polar surface area (TPSA) is 26.0 Å². The lowest BCUT2D eigenvalue weighted by Crippen LogP contribution is -2.17. The minimum absolute atomic E-state index is 0.352. The molecule has 78 valence electrons. The summed E-state index contributed by atoms with van der Waals surface area (Å²) in [5, 5.41) is 1.19. The van der Waals surface area contributed by atoms with Crippen LogP contribution in [-0.2, 0) is 0 Å². The molecule has 0 radical (unpaired) electrons. The van der Waals surface area contributed by atoms with Gasteiger partial charge in [0.25, 0.3) is 0 Å². The second kappa shape index (κ2) is 5.01. The van der Waals surface area contributed by atoms with Gasteiger partial charge in [0.05, 0.1) is 10.0 Å². The van der Waals surface area contributed by atoms with Crippen LogP contribution in [0.1, 0.15) is 25.3 Å². The molecule has 0 heterocycles. The SMILES string of the molecule is CC(C)C(CN)c1ccc(Cl)c(Cl)c1. The second-order valence-electron chi connectivity index (χ2n) is 3.76. The Morgan fingerprint density at radius 1 is 1.21 bits per heavy atom. The first-order valence-electron chi connectivity index (χ1n) is 4.71. The maximum absolute atomic E-state index is 5.95. The third kappa shape index (κ3) is 2.63. The summed E-state index contributed by atoms with van der Waals surface area (Å²) in [4.78, 5) is 0. The molecule has 0 amide bonds. The summed E-state index contributed by atoms with van der Waals surface area (Å²) in [5.41, 5.74) is 6.88. The van der Waals surface area contributed by atoms with Gasteiger partial charge in [-0.1, -0.05) is 43.1 Å². The lowest BCUT2D eigenvalue weighted by molar-refractivity contribution is 0.506. The van der Waals surface area contributed by atoms with E-state index in [4.69, 9.17) is 28.9 Å². The van der Waals surface area contributed by atoms with E-state index in [1.807, 2.05) is 18.2 Å². The summed E-state index contributed by atoms with van der Waals surface area (Å²) in [6, 6.07) is 5.72. The molecule has 0 spiro atoms. The minimum Gasteiger partial charge on any atom is -0.330 e. The quantitative estimate of drug-likeness (QED) is 0.844. The first-order chi connectivity index (χ1) is 6.56. The number of halogens is 2. The molecule has 0 aliphatic carbocycles. The van der Waals surface area contributed by atoms with E-state index in [0.29, 0.717) is 28.4 Å². The molecule has 1 nitrogen and oxygen atoms in total. The number of hydrogen-bond acceptors (Lipinski definition) is 1. The van der Waals surface area contributed by atoms with Gasteiger partial charge < -0.3 is 5.73 Å². The first kappa shape index (κ1) is 11.8. The fraction of sp³-hybridized carbons (Fsp3) is 0.455. The summed E-state index contributed by atoms with van der Waals surface area (Å²) < 4.78 is 0. The minimum atomic E-state index is 0.352. The smallest absolute Gasteiger partial charge is 0.0595 e. The highest BCUT2D eigenvalue weighted by Crippen LogP contribution is 2.29. The number of rotatable bonds is 3. The number of benzene rings is 1. The van der Waals surface area contributed by atoms with E-state index in [0.717, 1.165) is 5.56 Å². The van der Waals surface area contributed by atoms with Gasteiger partial charge in [-0.2, -0.15) is 0 Å². The largest absolute Gasteiger partial charge is 0.330 e.